The summed E-state index contributed by atoms with van der Waals surface area (Å²) in [6.45, 7) is 0. The highest BCUT2D eigenvalue weighted by Gasteiger charge is 2.48. The van der Waals surface area contributed by atoms with Gasteiger partial charge in [0.15, 0.2) is 5.17 Å². The number of thioether (sulfide) groups is 1. The van der Waals surface area contributed by atoms with Gasteiger partial charge in [-0.3, -0.25) is 9.79 Å². The average molecular weight is 371 g/mol. The molecule has 2 aliphatic rings. The molecule has 0 bridgehead atoms. The molecule has 0 unspecified atom stereocenters. The van der Waals surface area contributed by atoms with Gasteiger partial charge in [-0.05, 0) is 43.0 Å². The number of amides is 1. The van der Waals surface area contributed by atoms with E-state index >= 15 is 0 Å². The van der Waals surface area contributed by atoms with Gasteiger partial charge in [-0.15, -0.1) is 0 Å². The van der Waals surface area contributed by atoms with Crippen LogP contribution in [-0.2, 0) is 5.54 Å². The first kappa shape index (κ1) is 17.0. The number of nitrogens with one attached hydrogen (secondary N) is 1. The lowest BCUT2D eigenvalue weighted by Crippen LogP contribution is -2.37. The fraction of sp³-hybridized carbons (Fsp3) is 0.333. The second-order valence-electron chi connectivity index (χ2n) is 6.50. The number of anilines is 1. The minimum Gasteiger partial charge on any atom is -0.379 e. The van der Waals surface area contributed by atoms with Crippen LogP contribution >= 0.6 is 11.8 Å². The number of benzene rings is 1. The molecule has 1 saturated carbocycles. The Kier molecular flexibility index (Phi) is 4.36. The van der Waals surface area contributed by atoms with Gasteiger partial charge in [-0.25, -0.2) is 14.4 Å². The van der Waals surface area contributed by atoms with Gasteiger partial charge < -0.3 is 11.1 Å². The summed E-state index contributed by atoms with van der Waals surface area (Å²) in [5.41, 5.74) is 6.31. The van der Waals surface area contributed by atoms with Crippen molar-refractivity contribution in [3.63, 3.8) is 0 Å². The summed E-state index contributed by atoms with van der Waals surface area (Å²) >= 11 is 1.52. The highest BCUT2D eigenvalue weighted by atomic mass is 32.2. The Hall–Kier alpha value is -2.48. The summed E-state index contributed by atoms with van der Waals surface area (Å²) in [4.78, 5) is 24.8. The second-order valence-corrected chi connectivity index (χ2v) is 7.54. The van der Waals surface area contributed by atoms with Crippen LogP contribution in [0.2, 0.25) is 0 Å². The molecule has 26 heavy (non-hydrogen) atoms. The van der Waals surface area contributed by atoms with Crippen LogP contribution in [-0.4, -0.2) is 26.8 Å². The van der Waals surface area contributed by atoms with Crippen LogP contribution in [0.4, 0.5) is 10.1 Å². The van der Waals surface area contributed by atoms with Crippen LogP contribution in [0.3, 0.4) is 0 Å². The molecule has 6 nitrogen and oxygen atoms in total. The number of carbonyl (C=O) groups is 1. The third-order valence-corrected chi connectivity index (χ3v) is 5.94. The summed E-state index contributed by atoms with van der Waals surface area (Å²) in [5, 5.41) is 3.23. The Morgan fingerprint density at radius 1 is 1.35 bits per heavy atom. The Bertz CT molecular complexity index is 875. The Morgan fingerprint density at radius 3 is 2.96 bits per heavy atom. The Labute approximate surface area is 154 Å². The third-order valence-electron chi connectivity index (χ3n) is 4.99. The average Bonchev–Trinajstić information content (AvgIpc) is 3.07. The van der Waals surface area contributed by atoms with Gasteiger partial charge in [-0.1, -0.05) is 18.2 Å². The minimum atomic E-state index is -0.636. The van der Waals surface area contributed by atoms with Crippen LogP contribution < -0.4 is 11.1 Å². The number of halogens is 1. The van der Waals surface area contributed by atoms with Crippen molar-refractivity contribution in [3.05, 3.63) is 53.9 Å². The lowest BCUT2D eigenvalue weighted by atomic mass is 9.81. The fourth-order valence-corrected chi connectivity index (χ4v) is 4.84. The number of fused-ring (bicyclic) bond motifs is 1. The van der Waals surface area contributed by atoms with Crippen LogP contribution in [0.5, 0.6) is 0 Å². The first-order chi connectivity index (χ1) is 12.6. The minimum absolute atomic E-state index is 0.0617. The highest BCUT2D eigenvalue weighted by molar-refractivity contribution is 8.13. The number of nitrogens with zero attached hydrogens (tertiary/aromatic N) is 3. The standard InChI is InChI=1S/C18H18FN5OS/c19-14-5-4-12(23-16(25)15-21-7-2-8-22-15)9-13(14)18-6-1-3-11(18)10-26-17(20)24-18/h2,4-5,7-9,11H,1,3,6,10H2,(H2,20,24)(H,23,25)/t11-,18-/m0/s1. The molecule has 1 aromatic heterocycles. The monoisotopic (exact) mass is 371 g/mol. The zero-order valence-electron chi connectivity index (χ0n) is 14.0. The topological polar surface area (TPSA) is 93.3 Å². The summed E-state index contributed by atoms with van der Waals surface area (Å²) in [6, 6.07) is 6.20. The molecule has 4 rings (SSSR count). The van der Waals surface area contributed by atoms with Crippen LogP contribution in [0.1, 0.15) is 35.4 Å². The molecule has 0 spiro atoms. The Balaban J connectivity index is 1.69. The molecule has 2 atom stereocenters. The van der Waals surface area contributed by atoms with Crippen molar-refractivity contribution in [3.8, 4) is 0 Å². The summed E-state index contributed by atoms with van der Waals surface area (Å²) in [6.07, 6.45) is 5.73. The van der Waals surface area contributed by atoms with Crippen molar-refractivity contribution in [2.45, 2.75) is 24.8 Å². The predicted molar refractivity (Wildman–Crippen MR) is 99.5 cm³/mol. The van der Waals surface area contributed by atoms with Crippen molar-refractivity contribution in [2.75, 3.05) is 11.1 Å². The van der Waals surface area contributed by atoms with Gasteiger partial charge in [0, 0.05) is 29.4 Å². The normalized spacial score (nSPS) is 24.7. The lowest BCUT2D eigenvalue weighted by Gasteiger charge is -2.36. The molecule has 0 radical (unpaired) electrons. The van der Waals surface area contributed by atoms with E-state index in [0.717, 1.165) is 25.0 Å². The number of aliphatic imine (C=N–C) groups is 1. The number of carbonyl (C=O) groups excluding carboxylic acids is 1. The van der Waals surface area contributed by atoms with E-state index in [1.165, 1.54) is 36.3 Å². The smallest absolute Gasteiger partial charge is 0.293 e. The summed E-state index contributed by atoms with van der Waals surface area (Å²) < 4.78 is 14.7. The second kappa shape index (κ2) is 6.68. The maximum Gasteiger partial charge on any atom is 0.293 e. The fourth-order valence-electron chi connectivity index (χ4n) is 3.80. The third kappa shape index (κ3) is 2.94. The van der Waals surface area contributed by atoms with E-state index in [1.54, 1.807) is 12.1 Å². The predicted octanol–water partition coefficient (Wildman–Crippen LogP) is 2.92. The molecule has 1 aromatic carbocycles. The van der Waals surface area contributed by atoms with Gasteiger partial charge >= 0.3 is 0 Å². The molecule has 1 aliphatic carbocycles. The first-order valence-corrected chi connectivity index (χ1v) is 9.43. The highest BCUT2D eigenvalue weighted by Crippen LogP contribution is 2.51. The molecule has 3 N–H and O–H groups in total. The maximum atomic E-state index is 14.7. The van der Waals surface area contributed by atoms with Crippen molar-refractivity contribution < 1.29 is 9.18 Å². The number of hydrogen-bond donors (Lipinski definition) is 2. The maximum absolute atomic E-state index is 14.7. The molecule has 8 heteroatoms. The number of rotatable bonds is 3. The van der Waals surface area contributed by atoms with E-state index < -0.39 is 11.4 Å². The van der Waals surface area contributed by atoms with Gasteiger partial charge in [-0.2, -0.15) is 0 Å². The van der Waals surface area contributed by atoms with E-state index in [-0.39, 0.29) is 17.6 Å². The zero-order valence-corrected chi connectivity index (χ0v) is 14.8. The molecular formula is C18H18FN5OS. The molecule has 134 valence electrons. The van der Waals surface area contributed by atoms with Gasteiger partial charge in [0.1, 0.15) is 5.82 Å². The van der Waals surface area contributed by atoms with Crippen molar-refractivity contribution in [2.24, 2.45) is 16.6 Å². The molecule has 1 aliphatic heterocycles. The zero-order chi connectivity index (χ0) is 18.1. The van der Waals surface area contributed by atoms with Gasteiger partial charge in [0.05, 0.1) is 5.54 Å². The van der Waals surface area contributed by atoms with Crippen LogP contribution in [0.25, 0.3) is 0 Å². The lowest BCUT2D eigenvalue weighted by molar-refractivity contribution is 0.101. The van der Waals surface area contributed by atoms with E-state index in [1.807, 2.05) is 0 Å². The molecule has 1 amide bonds. The first-order valence-electron chi connectivity index (χ1n) is 8.45. The quantitative estimate of drug-likeness (QED) is 0.865. The van der Waals surface area contributed by atoms with Gasteiger partial charge in [0.25, 0.3) is 5.91 Å². The van der Waals surface area contributed by atoms with E-state index in [9.17, 15) is 9.18 Å². The van der Waals surface area contributed by atoms with E-state index in [0.29, 0.717) is 16.4 Å². The van der Waals surface area contributed by atoms with Crippen LogP contribution in [0.15, 0.2) is 41.7 Å². The largest absolute Gasteiger partial charge is 0.379 e. The molecule has 2 aromatic rings. The van der Waals surface area contributed by atoms with Crippen molar-refractivity contribution in [1.29, 1.82) is 0 Å². The van der Waals surface area contributed by atoms with E-state index in [2.05, 4.69) is 20.3 Å². The molecule has 1 fully saturated rings. The van der Waals surface area contributed by atoms with Crippen molar-refractivity contribution >= 4 is 28.5 Å². The summed E-state index contributed by atoms with van der Waals surface area (Å²) in [7, 11) is 0. The molecule has 0 saturated heterocycles. The van der Waals surface area contributed by atoms with Crippen LogP contribution in [0, 0.1) is 11.7 Å². The molecular weight excluding hydrogens is 353 g/mol. The number of nitrogens with two attached hydrogens (primary N) is 1. The number of amidine groups is 1. The van der Waals surface area contributed by atoms with Crippen molar-refractivity contribution in [1.82, 2.24) is 9.97 Å². The van der Waals surface area contributed by atoms with E-state index in [4.69, 9.17) is 5.73 Å². The number of aromatic nitrogens is 2. The molecule has 2 heterocycles. The summed E-state index contributed by atoms with van der Waals surface area (Å²) in [5.74, 6) is 0.382. The Morgan fingerprint density at radius 2 is 2.15 bits per heavy atom. The number of hydrogen-bond acceptors (Lipinski definition) is 6. The SMILES string of the molecule is NC1=N[C@@]2(c3cc(NC(=O)c4ncccn4)ccc3F)CCC[C@H]2CS1. The van der Waals surface area contributed by atoms with Gasteiger partial charge in [0.2, 0.25) is 5.82 Å².